The molecule has 4 unspecified atom stereocenters. The van der Waals surface area contributed by atoms with Crippen LogP contribution < -0.4 is 0 Å². The zero-order chi connectivity index (χ0) is 15.0. The Hall–Kier alpha value is -0.490. The van der Waals surface area contributed by atoms with Crippen molar-refractivity contribution >= 4 is 64.2 Å². The van der Waals surface area contributed by atoms with Crippen LogP contribution in [0.1, 0.15) is 13.3 Å². The SMILES string of the molecule is CC(=O)ON1C(=O)C2C(C1=O)C1(Cl)CC2(Cl)C(Cl)=C1Cl. The van der Waals surface area contributed by atoms with Gasteiger partial charge in [-0.2, -0.15) is 0 Å². The summed E-state index contributed by atoms with van der Waals surface area (Å²) in [4.78, 5) is 37.5. The molecular formula is C11H7Cl4NO4. The summed E-state index contributed by atoms with van der Waals surface area (Å²) in [7, 11) is 0. The van der Waals surface area contributed by atoms with Gasteiger partial charge in [0.1, 0.15) is 0 Å². The Morgan fingerprint density at radius 2 is 1.55 bits per heavy atom. The number of imide groups is 1. The monoisotopic (exact) mass is 357 g/mol. The van der Waals surface area contributed by atoms with Crippen molar-refractivity contribution in [1.82, 2.24) is 5.06 Å². The number of carbonyl (C=O) groups is 3. The van der Waals surface area contributed by atoms with E-state index in [2.05, 4.69) is 4.84 Å². The van der Waals surface area contributed by atoms with Crippen LogP contribution in [0.4, 0.5) is 0 Å². The van der Waals surface area contributed by atoms with Gasteiger partial charge in [-0.05, 0) is 6.42 Å². The molecule has 108 valence electrons. The molecule has 1 heterocycles. The average Bonchev–Trinajstić information content (AvgIpc) is 2.81. The van der Waals surface area contributed by atoms with Gasteiger partial charge in [-0.25, -0.2) is 4.79 Å². The fraction of sp³-hybridized carbons (Fsp3) is 0.545. The maximum absolute atomic E-state index is 12.3. The summed E-state index contributed by atoms with van der Waals surface area (Å²) in [6.45, 7) is 1.08. The number of hydrogen-bond acceptors (Lipinski definition) is 4. The van der Waals surface area contributed by atoms with E-state index in [1.54, 1.807) is 0 Å². The maximum Gasteiger partial charge on any atom is 0.330 e. The number of nitrogens with zero attached hydrogens (tertiary/aromatic N) is 1. The number of halogens is 4. The van der Waals surface area contributed by atoms with E-state index in [4.69, 9.17) is 46.4 Å². The molecule has 2 amide bonds. The van der Waals surface area contributed by atoms with Gasteiger partial charge in [0.2, 0.25) is 0 Å². The molecule has 9 heteroatoms. The lowest BCUT2D eigenvalue weighted by molar-refractivity contribution is -0.197. The van der Waals surface area contributed by atoms with Crippen molar-refractivity contribution in [2.45, 2.75) is 23.1 Å². The van der Waals surface area contributed by atoms with Gasteiger partial charge in [0, 0.05) is 6.92 Å². The molecule has 3 rings (SSSR count). The summed E-state index contributed by atoms with van der Waals surface area (Å²) in [6.07, 6.45) is 0.0848. The summed E-state index contributed by atoms with van der Waals surface area (Å²) in [5.41, 5.74) is 0. The summed E-state index contributed by atoms with van der Waals surface area (Å²) >= 11 is 24.9. The molecule has 1 aliphatic heterocycles. The number of fused-ring (bicyclic) bond motifs is 5. The quantitative estimate of drug-likeness (QED) is 0.532. The Kier molecular flexibility index (Phi) is 2.91. The zero-order valence-corrected chi connectivity index (χ0v) is 13.0. The molecule has 0 aromatic heterocycles. The van der Waals surface area contributed by atoms with Gasteiger partial charge in [0.05, 0.1) is 31.6 Å². The van der Waals surface area contributed by atoms with E-state index in [0.29, 0.717) is 5.06 Å². The van der Waals surface area contributed by atoms with Crippen LogP contribution in [0.3, 0.4) is 0 Å². The lowest BCUT2D eigenvalue weighted by Gasteiger charge is -2.28. The third-order valence-corrected chi connectivity index (χ3v) is 6.37. The first-order valence-corrected chi connectivity index (χ1v) is 7.16. The predicted octanol–water partition coefficient (Wildman–Crippen LogP) is 2.13. The molecule has 0 spiro atoms. The molecule has 0 N–H and O–H groups in total. The second kappa shape index (κ2) is 4.03. The molecule has 2 fully saturated rings. The van der Waals surface area contributed by atoms with Crippen molar-refractivity contribution in [3.8, 4) is 0 Å². The van der Waals surface area contributed by atoms with Crippen molar-refractivity contribution in [3.63, 3.8) is 0 Å². The molecule has 4 atom stereocenters. The first-order valence-electron chi connectivity index (χ1n) is 5.65. The normalized spacial score (nSPS) is 42.5. The summed E-state index contributed by atoms with van der Waals surface area (Å²) in [5.74, 6) is -4.21. The Morgan fingerprint density at radius 1 is 1.15 bits per heavy atom. The zero-order valence-electron chi connectivity index (χ0n) is 9.95. The topological polar surface area (TPSA) is 63.7 Å². The summed E-state index contributed by atoms with van der Waals surface area (Å²) in [5, 5.41) is 0.552. The van der Waals surface area contributed by atoms with E-state index in [-0.39, 0.29) is 16.5 Å². The van der Waals surface area contributed by atoms with Crippen LogP contribution in [-0.2, 0) is 19.2 Å². The van der Waals surface area contributed by atoms with Crippen molar-refractivity contribution in [3.05, 3.63) is 10.1 Å². The molecule has 3 aliphatic rings. The second-order valence-corrected chi connectivity index (χ2v) is 7.14. The highest BCUT2D eigenvalue weighted by atomic mass is 35.5. The predicted molar refractivity (Wildman–Crippen MR) is 71.1 cm³/mol. The minimum absolute atomic E-state index is 0.0721. The number of amides is 2. The van der Waals surface area contributed by atoms with Crippen molar-refractivity contribution in [2.75, 3.05) is 0 Å². The molecule has 0 aromatic rings. The summed E-state index contributed by atoms with van der Waals surface area (Å²) < 4.78 is 0. The number of carbonyl (C=O) groups excluding carboxylic acids is 3. The van der Waals surface area contributed by atoms with Gasteiger partial charge in [-0.15, -0.1) is 28.3 Å². The van der Waals surface area contributed by atoms with Crippen LogP contribution in [0.2, 0.25) is 0 Å². The largest absolute Gasteiger partial charge is 0.331 e. The minimum atomic E-state index is -1.33. The molecule has 0 aromatic carbocycles. The van der Waals surface area contributed by atoms with Gasteiger partial charge in [-0.1, -0.05) is 23.2 Å². The van der Waals surface area contributed by atoms with E-state index in [9.17, 15) is 14.4 Å². The van der Waals surface area contributed by atoms with E-state index >= 15 is 0 Å². The van der Waals surface area contributed by atoms with Crippen molar-refractivity contribution in [1.29, 1.82) is 0 Å². The Balaban J connectivity index is 2.10. The first-order chi connectivity index (χ1) is 9.14. The van der Waals surface area contributed by atoms with Crippen LogP contribution >= 0.6 is 46.4 Å². The van der Waals surface area contributed by atoms with E-state index < -0.39 is 39.4 Å². The van der Waals surface area contributed by atoms with E-state index in [1.165, 1.54) is 0 Å². The lowest BCUT2D eigenvalue weighted by atomic mass is 9.84. The number of allylic oxidation sites excluding steroid dienone is 2. The highest BCUT2D eigenvalue weighted by Crippen LogP contribution is 2.69. The van der Waals surface area contributed by atoms with Gasteiger partial charge in [-0.3, -0.25) is 9.59 Å². The first kappa shape index (κ1) is 14.4. The van der Waals surface area contributed by atoms with Gasteiger partial charge in [0.25, 0.3) is 11.8 Å². The highest BCUT2D eigenvalue weighted by molar-refractivity contribution is 6.52. The highest BCUT2D eigenvalue weighted by Gasteiger charge is 2.77. The average molecular weight is 359 g/mol. The van der Waals surface area contributed by atoms with Gasteiger partial charge >= 0.3 is 5.97 Å². The summed E-state index contributed by atoms with van der Waals surface area (Å²) in [6, 6.07) is 0. The van der Waals surface area contributed by atoms with Crippen LogP contribution in [0.15, 0.2) is 10.1 Å². The number of rotatable bonds is 1. The van der Waals surface area contributed by atoms with Crippen molar-refractivity contribution in [2.24, 2.45) is 11.8 Å². The maximum atomic E-state index is 12.3. The van der Waals surface area contributed by atoms with E-state index in [0.717, 1.165) is 6.92 Å². The van der Waals surface area contributed by atoms with Crippen LogP contribution in [0.5, 0.6) is 0 Å². The van der Waals surface area contributed by atoms with Gasteiger partial charge < -0.3 is 4.84 Å². The second-order valence-electron chi connectivity index (χ2n) is 5.04. The molecule has 5 nitrogen and oxygen atoms in total. The Bertz CT molecular complexity index is 563. The van der Waals surface area contributed by atoms with Crippen LogP contribution in [0, 0.1) is 11.8 Å². The van der Waals surface area contributed by atoms with Crippen LogP contribution in [-0.4, -0.2) is 32.6 Å². The molecular weight excluding hydrogens is 352 g/mol. The third-order valence-electron chi connectivity index (χ3n) is 3.91. The number of alkyl halides is 2. The minimum Gasteiger partial charge on any atom is -0.331 e. The van der Waals surface area contributed by atoms with Crippen molar-refractivity contribution < 1.29 is 19.2 Å². The molecule has 0 radical (unpaired) electrons. The molecule has 20 heavy (non-hydrogen) atoms. The number of hydrogen-bond donors (Lipinski definition) is 0. The van der Waals surface area contributed by atoms with Gasteiger partial charge in [0.15, 0.2) is 0 Å². The van der Waals surface area contributed by atoms with E-state index in [1.807, 2.05) is 0 Å². The Labute approximate surface area is 133 Å². The molecule has 2 aliphatic carbocycles. The smallest absolute Gasteiger partial charge is 0.330 e. The number of hydroxylamine groups is 2. The van der Waals surface area contributed by atoms with Crippen LogP contribution in [0.25, 0.3) is 0 Å². The molecule has 2 bridgehead atoms. The third kappa shape index (κ3) is 1.44. The fourth-order valence-electron chi connectivity index (χ4n) is 3.17. The fourth-order valence-corrected chi connectivity index (χ4v) is 5.09. The standard InChI is InChI=1S/C11H7Cl4NO4/c1-3(17)20-16-8(18)4-5(9(16)19)11(15)2-10(4,14)6(12)7(11)13/h4-5H,2H2,1H3. The lowest BCUT2D eigenvalue weighted by Crippen LogP contribution is -2.38. The Morgan fingerprint density at radius 3 is 1.90 bits per heavy atom. The molecule has 1 saturated carbocycles. The molecule has 1 saturated heterocycles.